The second kappa shape index (κ2) is 3.45. The van der Waals surface area contributed by atoms with Crippen LogP contribution in [0, 0.1) is 5.92 Å². The number of piperidine rings is 1. The molecule has 0 bridgehead atoms. The van der Waals surface area contributed by atoms with Crippen molar-refractivity contribution in [3.8, 4) is 0 Å². The molecule has 4 heteroatoms. The van der Waals surface area contributed by atoms with Gasteiger partial charge in [0, 0.05) is 7.11 Å². The molecule has 0 saturated carbocycles. The summed E-state index contributed by atoms with van der Waals surface area (Å²) >= 11 is 0. The number of alkyl halides is 2. The molecule has 11 heavy (non-hydrogen) atoms. The topological polar surface area (TPSA) is 21.3 Å². The number of rotatable bonds is 2. The molecule has 0 atom stereocenters. The highest BCUT2D eigenvalue weighted by Gasteiger charge is 2.39. The minimum absolute atomic E-state index is 0.501. The van der Waals surface area contributed by atoms with Crippen LogP contribution < -0.4 is 5.32 Å². The number of nitrogens with one attached hydrogen (secondary N) is 1. The predicted octanol–water partition coefficient (Wildman–Crippen LogP) is 1.23. The van der Waals surface area contributed by atoms with Crippen LogP contribution in [-0.2, 0) is 4.74 Å². The Balaban J connectivity index is 2.43. The maximum absolute atomic E-state index is 12.8. The molecule has 1 heterocycles. The van der Waals surface area contributed by atoms with Gasteiger partial charge in [-0.15, -0.1) is 0 Å². The van der Waals surface area contributed by atoms with Gasteiger partial charge in [0.15, 0.2) is 0 Å². The molecule has 0 aromatic rings. The summed E-state index contributed by atoms with van der Waals surface area (Å²) in [4.78, 5) is 0. The zero-order valence-corrected chi connectivity index (χ0v) is 6.57. The van der Waals surface area contributed by atoms with Gasteiger partial charge in [-0.3, -0.25) is 0 Å². The highest BCUT2D eigenvalue weighted by molar-refractivity contribution is 4.74. The number of hydrogen-bond acceptors (Lipinski definition) is 2. The Hall–Kier alpha value is -0.220. The van der Waals surface area contributed by atoms with Gasteiger partial charge < -0.3 is 10.1 Å². The van der Waals surface area contributed by atoms with Crippen molar-refractivity contribution in [2.24, 2.45) is 5.92 Å². The molecule has 2 nitrogen and oxygen atoms in total. The van der Waals surface area contributed by atoms with Gasteiger partial charge in [0.05, 0.1) is 5.92 Å². The Labute approximate surface area is 64.9 Å². The first-order chi connectivity index (χ1) is 5.17. The van der Waals surface area contributed by atoms with Crippen LogP contribution in [0.5, 0.6) is 0 Å². The van der Waals surface area contributed by atoms with Crippen LogP contribution in [0.3, 0.4) is 0 Å². The van der Waals surface area contributed by atoms with Crippen LogP contribution in [0.25, 0.3) is 0 Å². The van der Waals surface area contributed by atoms with Gasteiger partial charge in [0.2, 0.25) is 0 Å². The van der Waals surface area contributed by atoms with Gasteiger partial charge in [-0.25, -0.2) is 0 Å². The SMILES string of the molecule is COC(F)(F)C1CCNCC1. The van der Waals surface area contributed by atoms with E-state index in [1.165, 1.54) is 0 Å². The molecule has 0 radical (unpaired) electrons. The molecular weight excluding hydrogens is 152 g/mol. The second-order valence-corrected chi connectivity index (χ2v) is 2.79. The summed E-state index contributed by atoms with van der Waals surface area (Å²) in [5, 5.41) is 3.02. The summed E-state index contributed by atoms with van der Waals surface area (Å²) in [5.41, 5.74) is 0. The minimum Gasteiger partial charge on any atom is -0.324 e. The van der Waals surface area contributed by atoms with Crippen molar-refractivity contribution in [3.63, 3.8) is 0 Å². The molecule has 0 aromatic heterocycles. The Morgan fingerprint density at radius 2 is 1.91 bits per heavy atom. The summed E-state index contributed by atoms with van der Waals surface area (Å²) in [6.07, 6.45) is -1.93. The fourth-order valence-electron chi connectivity index (χ4n) is 1.32. The quantitative estimate of drug-likeness (QED) is 0.664. The van der Waals surface area contributed by atoms with Crippen LogP contribution >= 0.6 is 0 Å². The molecule has 0 aromatic carbocycles. The summed E-state index contributed by atoms with van der Waals surface area (Å²) in [7, 11) is 1.06. The van der Waals surface area contributed by atoms with Crippen LogP contribution in [0.4, 0.5) is 8.78 Å². The number of halogens is 2. The fourth-order valence-corrected chi connectivity index (χ4v) is 1.32. The van der Waals surface area contributed by atoms with Crippen molar-refractivity contribution < 1.29 is 13.5 Å². The van der Waals surface area contributed by atoms with E-state index in [0.717, 1.165) is 7.11 Å². The first-order valence-electron chi connectivity index (χ1n) is 3.80. The smallest absolute Gasteiger partial charge is 0.324 e. The van der Waals surface area contributed by atoms with E-state index in [2.05, 4.69) is 10.1 Å². The largest absolute Gasteiger partial charge is 0.358 e. The Morgan fingerprint density at radius 1 is 1.36 bits per heavy atom. The zero-order chi connectivity index (χ0) is 8.32. The van der Waals surface area contributed by atoms with Gasteiger partial charge in [0.1, 0.15) is 0 Å². The second-order valence-electron chi connectivity index (χ2n) is 2.79. The van der Waals surface area contributed by atoms with Gasteiger partial charge in [-0.05, 0) is 25.9 Å². The third-order valence-corrected chi connectivity index (χ3v) is 2.09. The molecule has 0 spiro atoms. The zero-order valence-electron chi connectivity index (χ0n) is 6.57. The van der Waals surface area contributed by atoms with Crippen molar-refractivity contribution in [2.45, 2.75) is 19.0 Å². The molecule has 1 N–H and O–H groups in total. The molecule has 66 valence electrons. The predicted molar refractivity (Wildman–Crippen MR) is 37.5 cm³/mol. The van der Waals surface area contributed by atoms with Crippen LogP contribution in [0.1, 0.15) is 12.8 Å². The molecule has 0 unspecified atom stereocenters. The molecule has 1 fully saturated rings. The van der Waals surface area contributed by atoms with Crippen molar-refractivity contribution in [1.82, 2.24) is 5.32 Å². The highest BCUT2D eigenvalue weighted by atomic mass is 19.3. The van der Waals surface area contributed by atoms with E-state index in [1.54, 1.807) is 0 Å². The monoisotopic (exact) mass is 165 g/mol. The highest BCUT2D eigenvalue weighted by Crippen LogP contribution is 2.31. The van der Waals surface area contributed by atoms with Gasteiger partial charge >= 0.3 is 6.11 Å². The average molecular weight is 165 g/mol. The van der Waals surface area contributed by atoms with E-state index in [1.807, 2.05) is 0 Å². The lowest BCUT2D eigenvalue weighted by Crippen LogP contribution is -2.39. The van der Waals surface area contributed by atoms with Crippen LogP contribution in [-0.4, -0.2) is 26.3 Å². The maximum atomic E-state index is 12.8. The minimum atomic E-state index is -2.93. The van der Waals surface area contributed by atoms with E-state index in [9.17, 15) is 8.78 Å². The van der Waals surface area contributed by atoms with Gasteiger partial charge in [-0.1, -0.05) is 0 Å². The number of methoxy groups -OCH3 is 1. The lowest BCUT2D eigenvalue weighted by Gasteiger charge is -2.28. The van der Waals surface area contributed by atoms with Gasteiger partial charge in [0.25, 0.3) is 0 Å². The summed E-state index contributed by atoms with van der Waals surface area (Å²) < 4.78 is 29.7. The summed E-state index contributed by atoms with van der Waals surface area (Å²) in [6, 6.07) is 0. The standard InChI is InChI=1S/C7H13F2NO/c1-11-7(8,9)6-2-4-10-5-3-6/h6,10H,2-5H2,1H3. The molecular formula is C7H13F2NO. The van der Waals surface area contributed by atoms with Crippen molar-refractivity contribution in [3.05, 3.63) is 0 Å². The fraction of sp³-hybridized carbons (Fsp3) is 1.00. The van der Waals surface area contributed by atoms with E-state index in [0.29, 0.717) is 25.9 Å². The summed E-state index contributed by atoms with van der Waals surface area (Å²) in [5.74, 6) is -0.603. The van der Waals surface area contributed by atoms with E-state index < -0.39 is 12.0 Å². The van der Waals surface area contributed by atoms with E-state index in [-0.39, 0.29) is 0 Å². The van der Waals surface area contributed by atoms with E-state index in [4.69, 9.17) is 0 Å². The third kappa shape index (κ3) is 2.10. The van der Waals surface area contributed by atoms with Crippen molar-refractivity contribution >= 4 is 0 Å². The lowest BCUT2D eigenvalue weighted by molar-refractivity contribution is -0.260. The van der Waals surface area contributed by atoms with Crippen molar-refractivity contribution in [2.75, 3.05) is 20.2 Å². The van der Waals surface area contributed by atoms with E-state index >= 15 is 0 Å². The first kappa shape index (κ1) is 8.87. The van der Waals surface area contributed by atoms with Gasteiger partial charge in [-0.2, -0.15) is 8.78 Å². The van der Waals surface area contributed by atoms with Crippen LogP contribution in [0.2, 0.25) is 0 Å². The molecule has 1 saturated heterocycles. The molecule has 1 aliphatic rings. The number of hydrogen-bond donors (Lipinski definition) is 1. The average Bonchev–Trinajstić information content (AvgIpc) is 2.06. The van der Waals surface area contributed by atoms with Crippen LogP contribution in [0.15, 0.2) is 0 Å². The third-order valence-electron chi connectivity index (χ3n) is 2.09. The van der Waals surface area contributed by atoms with Crippen molar-refractivity contribution in [1.29, 1.82) is 0 Å². The normalized spacial score (nSPS) is 22.1. The molecule has 1 aliphatic heterocycles. The first-order valence-corrected chi connectivity index (χ1v) is 3.80. The summed E-state index contributed by atoms with van der Waals surface area (Å²) in [6.45, 7) is 1.34. The lowest BCUT2D eigenvalue weighted by atomic mass is 9.97. The molecule has 0 aliphatic carbocycles. The number of ether oxygens (including phenoxy) is 1. The Bertz CT molecular complexity index is 124. The maximum Gasteiger partial charge on any atom is 0.358 e. The Morgan fingerprint density at radius 3 is 2.36 bits per heavy atom. The molecule has 0 amide bonds. The molecule has 1 rings (SSSR count). The Kier molecular flexibility index (Phi) is 2.78.